The molecule has 0 radical (unpaired) electrons. The van der Waals surface area contributed by atoms with Gasteiger partial charge in [0.25, 0.3) is 5.89 Å². The largest absolute Gasteiger partial charge is 0.403 e. The molecule has 0 saturated carbocycles. The van der Waals surface area contributed by atoms with Crippen LogP contribution < -0.4 is 10.6 Å². The molecule has 178 valence electrons. The zero-order valence-corrected chi connectivity index (χ0v) is 20.4. The molecule has 0 aliphatic carbocycles. The molecular formula is C21H22ClF3IN5O2. The van der Waals surface area contributed by atoms with Gasteiger partial charge in [0.2, 0.25) is 0 Å². The fraction of sp³-hybridized carbons (Fsp3) is 0.333. The molecule has 2 aromatic carbocycles. The van der Waals surface area contributed by atoms with Gasteiger partial charge >= 0.3 is 6.01 Å². The number of halogens is 5. The Bertz CT molecular complexity index is 1080. The van der Waals surface area contributed by atoms with Crippen LogP contribution in [0.3, 0.4) is 0 Å². The highest BCUT2D eigenvalue weighted by molar-refractivity contribution is 14.1. The van der Waals surface area contributed by atoms with Crippen molar-refractivity contribution in [3.63, 3.8) is 0 Å². The molecule has 12 heteroatoms. The zero-order chi connectivity index (χ0) is 22.5. The highest BCUT2D eigenvalue weighted by Gasteiger charge is 2.20. The van der Waals surface area contributed by atoms with E-state index in [1.54, 1.807) is 6.07 Å². The highest BCUT2D eigenvalue weighted by Crippen LogP contribution is 2.34. The number of benzene rings is 2. The summed E-state index contributed by atoms with van der Waals surface area (Å²) in [4.78, 5) is 2.31. The maximum Gasteiger partial charge on any atom is 0.315 e. The number of hydrogen-bond donors (Lipinski definition) is 2. The molecular weight excluding hydrogens is 574 g/mol. The van der Waals surface area contributed by atoms with E-state index in [2.05, 4.69) is 25.7 Å². The normalized spacial score (nSPS) is 14.1. The first-order valence-corrected chi connectivity index (χ1v) is 11.2. The second-order valence-electron chi connectivity index (χ2n) is 7.18. The number of rotatable bonds is 8. The van der Waals surface area contributed by atoms with Gasteiger partial charge in [0.05, 0.1) is 30.2 Å². The molecule has 33 heavy (non-hydrogen) atoms. The van der Waals surface area contributed by atoms with Crippen molar-refractivity contribution < 1.29 is 22.3 Å². The van der Waals surface area contributed by atoms with Crippen molar-refractivity contribution >= 4 is 52.4 Å². The Kier molecular flexibility index (Phi) is 9.18. The Labute approximate surface area is 208 Å². The zero-order valence-electron chi connectivity index (χ0n) is 17.4. The molecule has 7 nitrogen and oxygen atoms in total. The van der Waals surface area contributed by atoms with Crippen LogP contribution in [0.1, 0.15) is 6.42 Å². The van der Waals surface area contributed by atoms with E-state index < -0.39 is 17.5 Å². The first-order valence-electron chi connectivity index (χ1n) is 10.1. The van der Waals surface area contributed by atoms with Crippen molar-refractivity contribution in [3.05, 3.63) is 51.4 Å². The number of ether oxygens (including phenoxy) is 1. The molecule has 1 aliphatic rings. The van der Waals surface area contributed by atoms with Crippen LogP contribution in [-0.2, 0) is 4.74 Å². The topological polar surface area (TPSA) is 75.5 Å². The predicted octanol–water partition coefficient (Wildman–Crippen LogP) is 5.06. The first kappa shape index (κ1) is 25.5. The summed E-state index contributed by atoms with van der Waals surface area (Å²) in [6, 6.07) is 6.81. The molecule has 1 aromatic heterocycles. The minimum atomic E-state index is -1.17. The summed E-state index contributed by atoms with van der Waals surface area (Å²) in [5, 5.41) is 13.5. The van der Waals surface area contributed by atoms with Gasteiger partial charge in [-0.1, -0.05) is 5.10 Å². The quantitative estimate of drug-likeness (QED) is 0.279. The number of nitrogens with one attached hydrogen (secondary N) is 2. The maximum atomic E-state index is 14.6. The van der Waals surface area contributed by atoms with Gasteiger partial charge in [-0.05, 0) is 65.9 Å². The molecule has 1 aliphatic heterocycles. The lowest BCUT2D eigenvalue weighted by Crippen LogP contribution is -2.37. The van der Waals surface area contributed by atoms with Crippen molar-refractivity contribution in [2.45, 2.75) is 6.42 Å². The molecule has 1 fully saturated rings. The van der Waals surface area contributed by atoms with E-state index in [-0.39, 0.29) is 41.3 Å². The Morgan fingerprint density at radius 1 is 1.03 bits per heavy atom. The van der Waals surface area contributed by atoms with Crippen LogP contribution in [0.15, 0.2) is 34.7 Å². The molecule has 0 spiro atoms. The van der Waals surface area contributed by atoms with E-state index in [0.717, 1.165) is 45.3 Å². The summed E-state index contributed by atoms with van der Waals surface area (Å²) < 4.78 is 54.4. The van der Waals surface area contributed by atoms with Crippen LogP contribution in [0.4, 0.5) is 30.6 Å². The van der Waals surface area contributed by atoms with E-state index in [1.807, 2.05) is 22.6 Å². The van der Waals surface area contributed by atoms with Gasteiger partial charge in [0.15, 0.2) is 11.6 Å². The lowest BCUT2D eigenvalue weighted by atomic mass is 10.1. The Morgan fingerprint density at radius 3 is 2.58 bits per heavy atom. The highest BCUT2D eigenvalue weighted by atomic mass is 127. The summed E-state index contributed by atoms with van der Waals surface area (Å²) >= 11 is 1.96. The molecule has 2 heterocycles. The molecule has 0 unspecified atom stereocenters. The van der Waals surface area contributed by atoms with E-state index >= 15 is 0 Å². The van der Waals surface area contributed by atoms with Crippen LogP contribution >= 0.6 is 35.0 Å². The minimum absolute atomic E-state index is 0. The van der Waals surface area contributed by atoms with Crippen LogP contribution in [0.5, 0.6) is 0 Å². The van der Waals surface area contributed by atoms with Gasteiger partial charge < -0.3 is 19.8 Å². The van der Waals surface area contributed by atoms with Gasteiger partial charge in [-0.3, -0.25) is 4.90 Å². The second kappa shape index (κ2) is 11.9. The van der Waals surface area contributed by atoms with E-state index in [0.29, 0.717) is 10.1 Å². The van der Waals surface area contributed by atoms with E-state index in [1.165, 1.54) is 18.2 Å². The lowest BCUT2D eigenvalue weighted by Gasteiger charge is -2.26. The monoisotopic (exact) mass is 595 g/mol. The van der Waals surface area contributed by atoms with Gasteiger partial charge in [0.1, 0.15) is 5.82 Å². The average molecular weight is 596 g/mol. The molecule has 1 saturated heterocycles. The summed E-state index contributed by atoms with van der Waals surface area (Å²) in [5.74, 6) is -2.87. The third kappa shape index (κ3) is 6.49. The number of hydrogen-bond acceptors (Lipinski definition) is 7. The molecule has 4 rings (SSSR count). The maximum absolute atomic E-state index is 14.6. The van der Waals surface area contributed by atoms with Crippen molar-refractivity contribution in [1.82, 2.24) is 15.1 Å². The fourth-order valence-corrected chi connectivity index (χ4v) is 3.76. The van der Waals surface area contributed by atoms with E-state index in [4.69, 9.17) is 9.15 Å². The molecule has 0 amide bonds. The Morgan fingerprint density at radius 2 is 1.82 bits per heavy atom. The van der Waals surface area contributed by atoms with Crippen LogP contribution in [-0.4, -0.2) is 54.5 Å². The van der Waals surface area contributed by atoms with Crippen molar-refractivity contribution in [2.75, 3.05) is 50.0 Å². The molecule has 0 atom stereocenters. The number of aromatic nitrogens is 2. The fourth-order valence-electron chi connectivity index (χ4n) is 3.30. The van der Waals surface area contributed by atoms with E-state index in [9.17, 15) is 13.2 Å². The third-order valence-electron chi connectivity index (χ3n) is 4.97. The summed E-state index contributed by atoms with van der Waals surface area (Å²) in [7, 11) is 0. The predicted molar refractivity (Wildman–Crippen MR) is 130 cm³/mol. The smallest absolute Gasteiger partial charge is 0.315 e. The van der Waals surface area contributed by atoms with Crippen LogP contribution in [0.2, 0.25) is 0 Å². The summed E-state index contributed by atoms with van der Waals surface area (Å²) in [6.07, 6.45) is 0.863. The van der Waals surface area contributed by atoms with Gasteiger partial charge in [-0.15, -0.1) is 17.5 Å². The first-order chi connectivity index (χ1) is 15.5. The van der Waals surface area contributed by atoms with Gasteiger partial charge in [-0.25, -0.2) is 13.2 Å². The SMILES string of the molecule is Cl.Fc1cc(I)ccc1Nc1c(-c2nnc(NCCCN3CCOCC3)o2)ccc(F)c1F. The van der Waals surface area contributed by atoms with Gasteiger partial charge in [-0.2, -0.15) is 0 Å². The minimum Gasteiger partial charge on any atom is -0.403 e. The number of anilines is 3. The number of morpholine rings is 1. The second-order valence-corrected chi connectivity index (χ2v) is 8.43. The summed E-state index contributed by atoms with van der Waals surface area (Å²) in [6.45, 7) is 4.84. The Hall–Kier alpha value is -2.09. The van der Waals surface area contributed by atoms with Crippen molar-refractivity contribution in [1.29, 1.82) is 0 Å². The van der Waals surface area contributed by atoms with Crippen LogP contribution in [0.25, 0.3) is 11.5 Å². The molecule has 3 aromatic rings. The van der Waals surface area contributed by atoms with Crippen molar-refractivity contribution in [2.24, 2.45) is 0 Å². The Balaban J connectivity index is 0.00000306. The number of nitrogens with zero attached hydrogens (tertiary/aromatic N) is 3. The van der Waals surface area contributed by atoms with Crippen molar-refractivity contribution in [3.8, 4) is 11.5 Å². The van der Waals surface area contributed by atoms with Gasteiger partial charge in [0, 0.05) is 23.2 Å². The summed E-state index contributed by atoms with van der Waals surface area (Å²) in [5.41, 5.74) is -0.166. The lowest BCUT2D eigenvalue weighted by molar-refractivity contribution is 0.0378. The standard InChI is InChI=1S/C21H21F3IN5O2.ClH/c22-15-4-3-14(19(18(15)24)27-17-5-2-13(25)12-16(17)23)20-28-29-21(32-20)26-6-1-7-30-8-10-31-11-9-30;/h2-5,12,27H,1,6-11H2,(H,26,29);1H. The average Bonchev–Trinajstić information content (AvgIpc) is 3.25. The van der Waals surface area contributed by atoms with Crippen LogP contribution in [0, 0.1) is 21.0 Å². The molecule has 0 bridgehead atoms. The third-order valence-corrected chi connectivity index (χ3v) is 5.64. The molecule has 2 N–H and O–H groups in total.